The summed E-state index contributed by atoms with van der Waals surface area (Å²) in [6, 6.07) is -0.811. The molecule has 2 atom stereocenters. The Morgan fingerprint density at radius 2 is 1.43 bits per heavy atom. The van der Waals surface area contributed by atoms with Crippen LogP contribution in [0.3, 0.4) is 0 Å². The SMILES string of the molecule is CC(=O)N[C@@H](CSC[C@@H](COC(C)=O)OC(C)=O)C(=O)NCCOCCOCCOCCC(=O)O. The third-order valence-electron chi connectivity index (χ3n) is 3.84. The summed E-state index contributed by atoms with van der Waals surface area (Å²) < 4.78 is 25.7. The van der Waals surface area contributed by atoms with Crippen LogP contribution in [0.25, 0.3) is 0 Å². The van der Waals surface area contributed by atoms with Gasteiger partial charge in [0.25, 0.3) is 0 Å². The third kappa shape index (κ3) is 21.8. The molecule has 0 aliphatic carbocycles. The van der Waals surface area contributed by atoms with E-state index in [0.29, 0.717) is 19.8 Å². The first-order chi connectivity index (χ1) is 16.6. The number of thioether (sulfide) groups is 1. The van der Waals surface area contributed by atoms with Crippen molar-refractivity contribution in [3.8, 4) is 0 Å². The first-order valence-electron chi connectivity index (χ1n) is 11.0. The van der Waals surface area contributed by atoms with Crippen LogP contribution < -0.4 is 10.6 Å². The van der Waals surface area contributed by atoms with Gasteiger partial charge in [0.2, 0.25) is 11.8 Å². The molecule has 0 unspecified atom stereocenters. The summed E-state index contributed by atoms with van der Waals surface area (Å²) in [6.45, 7) is 5.50. The number of aliphatic carboxylic acids is 1. The van der Waals surface area contributed by atoms with E-state index in [1.54, 1.807) is 0 Å². The number of carboxylic acid groups (broad SMARTS) is 1. The Labute approximate surface area is 208 Å². The van der Waals surface area contributed by atoms with Gasteiger partial charge in [-0.05, 0) is 0 Å². The Morgan fingerprint density at radius 1 is 0.829 bits per heavy atom. The van der Waals surface area contributed by atoms with Crippen LogP contribution in [-0.2, 0) is 47.7 Å². The van der Waals surface area contributed by atoms with E-state index in [-0.39, 0.29) is 56.8 Å². The third-order valence-corrected chi connectivity index (χ3v) is 5.01. The second-order valence-corrected chi connectivity index (χ2v) is 8.17. The Bertz CT molecular complexity index is 663. The maximum Gasteiger partial charge on any atom is 0.305 e. The zero-order valence-corrected chi connectivity index (χ0v) is 21.2. The van der Waals surface area contributed by atoms with Crippen LogP contribution in [0.4, 0.5) is 0 Å². The van der Waals surface area contributed by atoms with Crippen molar-refractivity contribution in [1.82, 2.24) is 10.6 Å². The quantitative estimate of drug-likeness (QED) is 0.128. The number of hydrogen-bond donors (Lipinski definition) is 3. The van der Waals surface area contributed by atoms with Gasteiger partial charge in [-0.1, -0.05) is 0 Å². The zero-order valence-electron chi connectivity index (χ0n) is 20.4. The van der Waals surface area contributed by atoms with Gasteiger partial charge in [0.15, 0.2) is 0 Å². The smallest absolute Gasteiger partial charge is 0.305 e. The Hall–Kier alpha value is -2.42. The molecule has 0 aliphatic heterocycles. The van der Waals surface area contributed by atoms with Gasteiger partial charge in [-0.2, -0.15) is 11.8 Å². The van der Waals surface area contributed by atoms with Crippen molar-refractivity contribution in [2.45, 2.75) is 39.3 Å². The molecule has 2 amide bonds. The molecule has 0 aromatic heterocycles. The number of esters is 2. The van der Waals surface area contributed by atoms with Gasteiger partial charge in [0.1, 0.15) is 18.8 Å². The minimum Gasteiger partial charge on any atom is -0.481 e. The second kappa shape index (κ2) is 20.9. The van der Waals surface area contributed by atoms with Crippen LogP contribution in [0, 0.1) is 0 Å². The van der Waals surface area contributed by atoms with Crippen molar-refractivity contribution in [1.29, 1.82) is 0 Å². The molecule has 0 heterocycles. The Balaban J connectivity index is 4.12. The van der Waals surface area contributed by atoms with E-state index in [9.17, 15) is 24.0 Å². The van der Waals surface area contributed by atoms with Crippen LogP contribution in [0.2, 0.25) is 0 Å². The van der Waals surface area contributed by atoms with Crippen molar-refractivity contribution in [3.05, 3.63) is 0 Å². The molecule has 0 aromatic carbocycles. The molecule has 35 heavy (non-hydrogen) atoms. The van der Waals surface area contributed by atoms with Crippen molar-refractivity contribution in [2.24, 2.45) is 0 Å². The fraction of sp³-hybridized carbons (Fsp3) is 0.762. The molecule has 0 bridgehead atoms. The molecule has 14 heteroatoms. The maximum absolute atomic E-state index is 12.4. The summed E-state index contributed by atoms with van der Waals surface area (Å²) in [5.74, 6) is -2.22. The molecule has 0 fully saturated rings. The van der Waals surface area contributed by atoms with Crippen molar-refractivity contribution >= 4 is 41.5 Å². The van der Waals surface area contributed by atoms with Crippen LogP contribution in [0.5, 0.6) is 0 Å². The molecule has 0 radical (unpaired) electrons. The highest BCUT2D eigenvalue weighted by Gasteiger charge is 2.21. The number of rotatable bonds is 21. The average molecular weight is 525 g/mol. The Kier molecular flexibility index (Phi) is 19.5. The summed E-state index contributed by atoms with van der Waals surface area (Å²) in [4.78, 5) is 56.4. The molecule has 202 valence electrons. The maximum atomic E-state index is 12.4. The zero-order chi connectivity index (χ0) is 26.5. The van der Waals surface area contributed by atoms with Crippen molar-refractivity contribution in [3.63, 3.8) is 0 Å². The summed E-state index contributed by atoms with van der Waals surface area (Å²) >= 11 is 1.26. The molecular weight excluding hydrogens is 488 g/mol. The monoisotopic (exact) mass is 524 g/mol. The standard InChI is InChI=1S/C21H36N2O11S/c1-15(24)23-19(14-35-13-18(34-17(3)26)12-33-16(2)25)21(29)22-5-7-31-9-11-32-10-8-30-6-4-20(27)28/h18-19H,4-14H2,1-3H3,(H,22,29)(H,23,24)(H,27,28)/t18-,19+/m1/s1. The van der Waals surface area contributed by atoms with Crippen LogP contribution in [-0.4, -0.2) is 111 Å². The number of nitrogens with one attached hydrogen (secondary N) is 2. The van der Waals surface area contributed by atoms with Gasteiger partial charge in [-0.3, -0.25) is 24.0 Å². The number of ether oxygens (including phenoxy) is 5. The summed E-state index contributed by atoms with van der Waals surface area (Å²) in [7, 11) is 0. The number of carboxylic acids is 1. The summed E-state index contributed by atoms with van der Waals surface area (Å²) in [5.41, 5.74) is 0. The molecule has 0 aromatic rings. The second-order valence-electron chi connectivity index (χ2n) is 7.10. The number of hydrogen-bond acceptors (Lipinski definition) is 11. The summed E-state index contributed by atoms with van der Waals surface area (Å²) in [6.07, 6.45) is -0.726. The fourth-order valence-electron chi connectivity index (χ4n) is 2.38. The van der Waals surface area contributed by atoms with Gasteiger partial charge < -0.3 is 39.4 Å². The first-order valence-corrected chi connectivity index (χ1v) is 12.2. The molecule has 3 N–H and O–H groups in total. The predicted octanol–water partition coefficient (Wildman–Crippen LogP) is -0.640. The van der Waals surface area contributed by atoms with Gasteiger partial charge >= 0.3 is 17.9 Å². The normalized spacial score (nSPS) is 12.3. The highest BCUT2D eigenvalue weighted by Crippen LogP contribution is 2.10. The first kappa shape index (κ1) is 32.6. The molecule has 0 aliphatic rings. The number of amides is 2. The van der Waals surface area contributed by atoms with E-state index in [2.05, 4.69) is 10.6 Å². The lowest BCUT2D eigenvalue weighted by Crippen LogP contribution is -2.48. The molecule has 13 nitrogen and oxygen atoms in total. The average Bonchev–Trinajstić information content (AvgIpc) is 2.76. The molecule has 0 spiro atoms. The van der Waals surface area contributed by atoms with Crippen molar-refractivity contribution < 1.29 is 52.8 Å². The van der Waals surface area contributed by atoms with E-state index in [1.165, 1.54) is 32.5 Å². The van der Waals surface area contributed by atoms with Crippen molar-refractivity contribution in [2.75, 3.05) is 64.3 Å². The van der Waals surface area contributed by atoms with Gasteiger partial charge in [-0.15, -0.1) is 0 Å². The molecular formula is C21H36N2O11S. The predicted molar refractivity (Wildman–Crippen MR) is 125 cm³/mol. The molecule has 0 saturated heterocycles. The van der Waals surface area contributed by atoms with E-state index in [4.69, 9.17) is 28.8 Å². The molecule has 0 rings (SSSR count). The van der Waals surface area contributed by atoms with E-state index in [1.807, 2.05) is 0 Å². The lowest BCUT2D eigenvalue weighted by Gasteiger charge is -2.20. The molecule has 0 saturated carbocycles. The summed E-state index contributed by atoms with van der Waals surface area (Å²) in [5, 5.41) is 13.7. The van der Waals surface area contributed by atoms with Gasteiger partial charge in [0.05, 0.1) is 46.1 Å². The fourth-order valence-corrected chi connectivity index (χ4v) is 3.41. The topological polar surface area (TPSA) is 176 Å². The lowest BCUT2D eigenvalue weighted by atomic mass is 10.3. The largest absolute Gasteiger partial charge is 0.481 e. The van der Waals surface area contributed by atoms with E-state index in [0.717, 1.165) is 0 Å². The Morgan fingerprint density at radius 3 is 1.97 bits per heavy atom. The highest BCUT2D eigenvalue weighted by atomic mass is 32.2. The van der Waals surface area contributed by atoms with Gasteiger partial charge in [0, 0.05) is 38.8 Å². The van der Waals surface area contributed by atoms with E-state index < -0.39 is 36.0 Å². The van der Waals surface area contributed by atoms with Crippen LogP contribution in [0.1, 0.15) is 27.2 Å². The number of carbonyl (C=O) groups excluding carboxylic acids is 4. The lowest BCUT2D eigenvalue weighted by molar-refractivity contribution is -0.154. The minimum absolute atomic E-state index is 0.0544. The van der Waals surface area contributed by atoms with Crippen LogP contribution >= 0.6 is 11.8 Å². The highest BCUT2D eigenvalue weighted by molar-refractivity contribution is 7.99. The van der Waals surface area contributed by atoms with E-state index >= 15 is 0 Å². The van der Waals surface area contributed by atoms with Crippen LogP contribution in [0.15, 0.2) is 0 Å². The minimum atomic E-state index is -0.919. The number of carbonyl (C=O) groups is 5. The van der Waals surface area contributed by atoms with Gasteiger partial charge in [-0.25, -0.2) is 0 Å².